The molecule has 4 heteroatoms. The van der Waals surface area contributed by atoms with Gasteiger partial charge >= 0.3 is 0 Å². The fourth-order valence-corrected chi connectivity index (χ4v) is 2.54. The quantitative estimate of drug-likeness (QED) is 0.677. The molecule has 0 spiro atoms. The number of para-hydroxylation sites is 1. The van der Waals surface area contributed by atoms with Gasteiger partial charge in [-0.3, -0.25) is 0 Å². The molecule has 3 rings (SSSR count). The first kappa shape index (κ1) is 12.9. The lowest BCUT2D eigenvalue weighted by molar-refractivity contribution is 1.34. The summed E-state index contributed by atoms with van der Waals surface area (Å²) in [5, 5.41) is 13.5. The molecule has 1 aromatic heterocycles. The third kappa shape index (κ3) is 2.58. The van der Waals surface area contributed by atoms with Crippen LogP contribution in [0, 0.1) is 14.9 Å². The van der Waals surface area contributed by atoms with E-state index in [1.54, 1.807) is 0 Å². The van der Waals surface area contributed by atoms with Crippen molar-refractivity contribution in [1.29, 1.82) is 5.26 Å². The highest BCUT2D eigenvalue weighted by Gasteiger charge is 2.07. The van der Waals surface area contributed by atoms with Crippen LogP contribution in [-0.2, 0) is 0 Å². The van der Waals surface area contributed by atoms with Crippen LogP contribution in [0.5, 0.6) is 0 Å². The second-order valence-electron chi connectivity index (χ2n) is 4.32. The first-order valence-corrected chi connectivity index (χ1v) is 7.16. The standard InChI is InChI=1S/C16H10IN3/c17-13-5-3-6-14(9-13)19-16-12(10-18)8-11-4-1-2-7-15(11)20-16/h1-9H,(H,19,20). The summed E-state index contributed by atoms with van der Waals surface area (Å²) >= 11 is 2.25. The van der Waals surface area contributed by atoms with Crippen molar-refractivity contribution < 1.29 is 0 Å². The SMILES string of the molecule is N#Cc1cc2ccccc2nc1Nc1cccc(I)c1. The molecule has 0 aliphatic rings. The summed E-state index contributed by atoms with van der Waals surface area (Å²) in [6, 6.07) is 19.8. The third-order valence-corrected chi connectivity index (χ3v) is 3.60. The van der Waals surface area contributed by atoms with E-state index in [1.165, 1.54) is 0 Å². The van der Waals surface area contributed by atoms with Crippen molar-refractivity contribution in [2.24, 2.45) is 0 Å². The van der Waals surface area contributed by atoms with Gasteiger partial charge in [-0.25, -0.2) is 4.98 Å². The smallest absolute Gasteiger partial charge is 0.149 e. The number of rotatable bonds is 2. The fraction of sp³-hybridized carbons (Fsp3) is 0. The minimum Gasteiger partial charge on any atom is -0.339 e. The maximum absolute atomic E-state index is 9.28. The number of aromatic nitrogens is 1. The second kappa shape index (κ2) is 5.47. The largest absolute Gasteiger partial charge is 0.339 e. The molecule has 0 fully saturated rings. The van der Waals surface area contributed by atoms with Gasteiger partial charge in [0.15, 0.2) is 0 Å². The number of hydrogen-bond donors (Lipinski definition) is 1. The summed E-state index contributed by atoms with van der Waals surface area (Å²) < 4.78 is 1.13. The molecule has 0 unspecified atom stereocenters. The zero-order valence-corrected chi connectivity index (χ0v) is 12.6. The number of benzene rings is 2. The number of pyridine rings is 1. The second-order valence-corrected chi connectivity index (χ2v) is 5.57. The average molecular weight is 371 g/mol. The lowest BCUT2D eigenvalue weighted by Crippen LogP contribution is -1.97. The van der Waals surface area contributed by atoms with Gasteiger partial charge in [0.1, 0.15) is 11.9 Å². The zero-order valence-electron chi connectivity index (χ0n) is 10.5. The average Bonchev–Trinajstić information content (AvgIpc) is 2.46. The predicted octanol–water partition coefficient (Wildman–Crippen LogP) is 4.45. The molecule has 2 aromatic carbocycles. The van der Waals surface area contributed by atoms with Crippen molar-refractivity contribution in [3.63, 3.8) is 0 Å². The first-order chi connectivity index (χ1) is 9.76. The van der Waals surface area contributed by atoms with Crippen molar-refractivity contribution >= 4 is 45.0 Å². The highest BCUT2D eigenvalue weighted by molar-refractivity contribution is 14.1. The number of nitrogens with one attached hydrogen (secondary N) is 1. The molecule has 96 valence electrons. The van der Waals surface area contributed by atoms with E-state index in [4.69, 9.17) is 0 Å². The Kier molecular flexibility index (Phi) is 3.52. The Balaban J connectivity index is 2.08. The first-order valence-electron chi connectivity index (χ1n) is 6.09. The van der Waals surface area contributed by atoms with Crippen LogP contribution in [-0.4, -0.2) is 4.98 Å². The van der Waals surface area contributed by atoms with Gasteiger partial charge in [0.2, 0.25) is 0 Å². The monoisotopic (exact) mass is 371 g/mol. The van der Waals surface area contributed by atoms with Gasteiger partial charge in [0.25, 0.3) is 0 Å². The molecule has 3 nitrogen and oxygen atoms in total. The summed E-state index contributed by atoms with van der Waals surface area (Å²) in [5.74, 6) is 0.591. The van der Waals surface area contributed by atoms with Gasteiger partial charge < -0.3 is 5.32 Å². The van der Waals surface area contributed by atoms with Gasteiger partial charge in [-0.2, -0.15) is 5.26 Å². The number of nitriles is 1. The molecule has 0 bridgehead atoms. The van der Waals surface area contributed by atoms with Crippen LogP contribution in [0.1, 0.15) is 5.56 Å². The summed E-state index contributed by atoms with van der Waals surface area (Å²) in [6.45, 7) is 0. The molecule has 0 amide bonds. The third-order valence-electron chi connectivity index (χ3n) is 2.93. The van der Waals surface area contributed by atoms with Crippen molar-refractivity contribution in [2.45, 2.75) is 0 Å². The van der Waals surface area contributed by atoms with Crippen molar-refractivity contribution in [3.8, 4) is 6.07 Å². The van der Waals surface area contributed by atoms with Crippen molar-refractivity contribution in [1.82, 2.24) is 4.98 Å². The Labute approximate surface area is 130 Å². The van der Waals surface area contributed by atoms with Crippen LogP contribution in [0.15, 0.2) is 54.6 Å². The Morgan fingerprint density at radius 3 is 2.70 bits per heavy atom. The minimum absolute atomic E-state index is 0.544. The van der Waals surface area contributed by atoms with E-state index < -0.39 is 0 Å². The summed E-state index contributed by atoms with van der Waals surface area (Å²) in [5.41, 5.74) is 2.35. The summed E-state index contributed by atoms with van der Waals surface area (Å²) in [6.07, 6.45) is 0. The lowest BCUT2D eigenvalue weighted by atomic mass is 10.1. The fourth-order valence-electron chi connectivity index (χ4n) is 2.00. The molecule has 1 N–H and O–H groups in total. The lowest BCUT2D eigenvalue weighted by Gasteiger charge is -2.09. The van der Waals surface area contributed by atoms with E-state index in [-0.39, 0.29) is 0 Å². The van der Waals surface area contributed by atoms with E-state index in [2.05, 4.69) is 39.0 Å². The molecule has 3 aromatic rings. The highest BCUT2D eigenvalue weighted by atomic mass is 127. The van der Waals surface area contributed by atoms with E-state index in [0.717, 1.165) is 20.2 Å². The number of nitrogens with zero attached hydrogens (tertiary/aromatic N) is 2. The number of halogens is 1. The molecule has 20 heavy (non-hydrogen) atoms. The topological polar surface area (TPSA) is 48.7 Å². The van der Waals surface area contributed by atoms with Gasteiger partial charge in [-0.05, 0) is 52.9 Å². The Morgan fingerprint density at radius 2 is 1.90 bits per heavy atom. The van der Waals surface area contributed by atoms with E-state index in [0.29, 0.717) is 11.4 Å². The van der Waals surface area contributed by atoms with Gasteiger partial charge in [-0.1, -0.05) is 24.3 Å². The van der Waals surface area contributed by atoms with E-state index >= 15 is 0 Å². The Morgan fingerprint density at radius 1 is 1.05 bits per heavy atom. The Bertz CT molecular complexity index is 821. The van der Waals surface area contributed by atoms with Crippen molar-refractivity contribution in [2.75, 3.05) is 5.32 Å². The zero-order chi connectivity index (χ0) is 13.9. The van der Waals surface area contributed by atoms with Crippen molar-refractivity contribution in [3.05, 3.63) is 63.7 Å². The molecule has 0 radical (unpaired) electrons. The van der Waals surface area contributed by atoms with E-state index in [1.807, 2.05) is 54.6 Å². The molecule has 0 aliphatic carbocycles. The van der Waals surface area contributed by atoms with Gasteiger partial charge in [0.05, 0.1) is 11.1 Å². The predicted molar refractivity (Wildman–Crippen MR) is 88.9 cm³/mol. The number of fused-ring (bicyclic) bond motifs is 1. The molecular weight excluding hydrogens is 361 g/mol. The minimum atomic E-state index is 0.544. The highest BCUT2D eigenvalue weighted by Crippen LogP contribution is 2.23. The molecule has 0 saturated heterocycles. The van der Waals surface area contributed by atoms with E-state index in [9.17, 15) is 5.26 Å². The van der Waals surface area contributed by atoms with Crippen LogP contribution in [0.25, 0.3) is 10.9 Å². The number of anilines is 2. The molecular formula is C16H10IN3. The summed E-state index contributed by atoms with van der Waals surface area (Å²) in [4.78, 5) is 4.53. The van der Waals surface area contributed by atoms with Crippen LogP contribution in [0.2, 0.25) is 0 Å². The van der Waals surface area contributed by atoms with Gasteiger partial charge in [-0.15, -0.1) is 0 Å². The van der Waals surface area contributed by atoms with Gasteiger partial charge in [0, 0.05) is 14.6 Å². The van der Waals surface area contributed by atoms with Crippen LogP contribution >= 0.6 is 22.6 Å². The van der Waals surface area contributed by atoms with Crippen LogP contribution in [0.3, 0.4) is 0 Å². The maximum Gasteiger partial charge on any atom is 0.149 e. The van der Waals surface area contributed by atoms with Crippen LogP contribution in [0.4, 0.5) is 11.5 Å². The van der Waals surface area contributed by atoms with Crippen LogP contribution < -0.4 is 5.32 Å². The maximum atomic E-state index is 9.28. The Hall–Kier alpha value is -2.13. The molecule has 1 heterocycles. The normalized spacial score (nSPS) is 10.2. The molecule has 0 aliphatic heterocycles. The summed E-state index contributed by atoms with van der Waals surface area (Å²) in [7, 11) is 0. The molecule has 0 saturated carbocycles. The molecule has 0 atom stereocenters. The number of hydrogen-bond acceptors (Lipinski definition) is 3.